The van der Waals surface area contributed by atoms with Gasteiger partial charge in [-0.15, -0.1) is 0 Å². The van der Waals surface area contributed by atoms with Gasteiger partial charge in [-0.2, -0.15) is 0 Å². The number of carbonyl (C=O) groups excluding carboxylic acids is 1. The molecule has 0 heterocycles. The zero-order valence-electron chi connectivity index (χ0n) is 11.1. The summed E-state index contributed by atoms with van der Waals surface area (Å²) in [6.45, 7) is 4.87. The van der Waals surface area contributed by atoms with E-state index in [1.54, 1.807) is 0 Å². The molecule has 1 unspecified atom stereocenters. The number of hydrogen-bond acceptors (Lipinski definition) is 4. The quantitative estimate of drug-likeness (QED) is 0.284. The van der Waals surface area contributed by atoms with Gasteiger partial charge in [-0.05, 0) is 26.7 Å². The average molecular weight is 257 g/mol. The van der Waals surface area contributed by atoms with Crippen LogP contribution in [0, 0.1) is 5.41 Å². The average Bonchev–Trinajstić information content (AvgIpc) is 2.85. The maximum Gasteiger partial charge on any atom is 0.234 e. The molecule has 4 N–H and O–H groups in total. The van der Waals surface area contributed by atoms with Gasteiger partial charge in [0, 0.05) is 12.6 Å². The Labute approximate surface area is 108 Å². The number of ether oxygens (including phenoxy) is 1. The third-order valence-corrected chi connectivity index (χ3v) is 3.44. The van der Waals surface area contributed by atoms with Crippen LogP contribution >= 0.6 is 0 Å². The predicted molar refractivity (Wildman–Crippen MR) is 68.4 cm³/mol. The van der Waals surface area contributed by atoms with Gasteiger partial charge in [0.25, 0.3) is 0 Å². The first-order chi connectivity index (χ1) is 8.56. The standard InChI is InChI=1S/C12H23N3O3/c1-3-18-8-9(2)14-11(16)12(10(13)15-17)6-4-5-7-12/h9,17H,3-8H2,1-2H3,(H2,13,15)(H,14,16). The van der Waals surface area contributed by atoms with Crippen molar-refractivity contribution in [1.82, 2.24) is 5.32 Å². The Kier molecular flexibility index (Phi) is 5.40. The molecular weight excluding hydrogens is 234 g/mol. The molecule has 0 radical (unpaired) electrons. The van der Waals surface area contributed by atoms with Crippen molar-refractivity contribution in [3.05, 3.63) is 0 Å². The first-order valence-electron chi connectivity index (χ1n) is 6.43. The third kappa shape index (κ3) is 3.13. The van der Waals surface area contributed by atoms with E-state index in [9.17, 15) is 4.79 Å². The summed E-state index contributed by atoms with van der Waals surface area (Å²) in [7, 11) is 0. The van der Waals surface area contributed by atoms with E-state index in [-0.39, 0.29) is 17.8 Å². The second-order valence-corrected chi connectivity index (χ2v) is 4.81. The van der Waals surface area contributed by atoms with Crippen LogP contribution in [0.2, 0.25) is 0 Å². The van der Waals surface area contributed by atoms with Crippen molar-refractivity contribution in [1.29, 1.82) is 0 Å². The summed E-state index contributed by atoms with van der Waals surface area (Å²) >= 11 is 0. The number of amides is 1. The SMILES string of the molecule is CCOCC(C)NC(=O)C1(C(N)=NO)CCCC1. The Hall–Kier alpha value is -1.30. The number of nitrogens with one attached hydrogen (secondary N) is 1. The number of amidine groups is 1. The maximum atomic E-state index is 12.3. The molecule has 1 amide bonds. The highest BCUT2D eigenvalue weighted by Gasteiger charge is 2.45. The summed E-state index contributed by atoms with van der Waals surface area (Å²) in [5, 5.41) is 14.8. The second-order valence-electron chi connectivity index (χ2n) is 4.81. The minimum atomic E-state index is -0.838. The topological polar surface area (TPSA) is 96.9 Å². The summed E-state index contributed by atoms with van der Waals surface area (Å²) in [5.41, 5.74) is 4.86. The molecule has 6 nitrogen and oxygen atoms in total. The maximum absolute atomic E-state index is 12.3. The Morgan fingerprint density at radius 2 is 2.17 bits per heavy atom. The molecule has 0 bridgehead atoms. The zero-order valence-corrected chi connectivity index (χ0v) is 11.1. The van der Waals surface area contributed by atoms with Gasteiger partial charge in [-0.25, -0.2) is 0 Å². The molecular formula is C12H23N3O3. The van der Waals surface area contributed by atoms with E-state index in [4.69, 9.17) is 15.7 Å². The summed E-state index contributed by atoms with van der Waals surface area (Å²) in [5.74, 6) is -0.149. The minimum Gasteiger partial charge on any atom is -0.409 e. The minimum absolute atomic E-state index is 0.0149. The van der Waals surface area contributed by atoms with E-state index in [0.29, 0.717) is 26.1 Å². The van der Waals surface area contributed by atoms with Crippen molar-refractivity contribution < 1.29 is 14.7 Å². The van der Waals surface area contributed by atoms with Crippen LogP contribution in [0.4, 0.5) is 0 Å². The lowest BCUT2D eigenvalue weighted by Gasteiger charge is -2.27. The van der Waals surface area contributed by atoms with Gasteiger partial charge in [0.05, 0.1) is 6.61 Å². The fourth-order valence-electron chi connectivity index (χ4n) is 2.37. The Morgan fingerprint density at radius 1 is 1.56 bits per heavy atom. The van der Waals surface area contributed by atoms with Crippen molar-refractivity contribution in [3.8, 4) is 0 Å². The highest BCUT2D eigenvalue weighted by molar-refractivity contribution is 6.07. The Morgan fingerprint density at radius 3 is 2.67 bits per heavy atom. The molecule has 1 aliphatic carbocycles. The molecule has 0 saturated heterocycles. The van der Waals surface area contributed by atoms with E-state index in [1.807, 2.05) is 13.8 Å². The van der Waals surface area contributed by atoms with Crippen LogP contribution < -0.4 is 11.1 Å². The van der Waals surface area contributed by atoms with E-state index in [1.165, 1.54) is 0 Å². The lowest BCUT2D eigenvalue weighted by Crippen LogP contribution is -2.51. The predicted octanol–water partition coefficient (Wildman–Crippen LogP) is 0.834. The van der Waals surface area contributed by atoms with E-state index < -0.39 is 5.41 Å². The van der Waals surface area contributed by atoms with Crippen LogP contribution in [0.1, 0.15) is 39.5 Å². The highest BCUT2D eigenvalue weighted by atomic mass is 16.5. The molecule has 1 atom stereocenters. The molecule has 6 heteroatoms. The Bertz CT molecular complexity index is 312. The zero-order chi connectivity index (χ0) is 13.6. The van der Waals surface area contributed by atoms with Gasteiger partial charge >= 0.3 is 0 Å². The number of nitrogens with two attached hydrogens (primary N) is 1. The van der Waals surface area contributed by atoms with Gasteiger partial charge < -0.3 is 21.0 Å². The van der Waals surface area contributed by atoms with E-state index in [0.717, 1.165) is 12.8 Å². The molecule has 1 aliphatic rings. The molecule has 0 spiro atoms. The summed E-state index contributed by atoms with van der Waals surface area (Å²) in [6, 6.07) is -0.0820. The van der Waals surface area contributed by atoms with Crippen molar-refractivity contribution in [2.75, 3.05) is 13.2 Å². The molecule has 0 aromatic carbocycles. The van der Waals surface area contributed by atoms with Crippen molar-refractivity contribution >= 4 is 11.7 Å². The van der Waals surface area contributed by atoms with Gasteiger partial charge in [0.15, 0.2) is 5.84 Å². The van der Waals surface area contributed by atoms with Crippen LogP contribution in [-0.4, -0.2) is 36.2 Å². The molecule has 1 saturated carbocycles. The fraction of sp³-hybridized carbons (Fsp3) is 0.833. The summed E-state index contributed by atoms with van der Waals surface area (Å²) < 4.78 is 5.25. The lowest BCUT2D eigenvalue weighted by molar-refractivity contribution is -0.128. The van der Waals surface area contributed by atoms with Crippen molar-refractivity contribution in [3.63, 3.8) is 0 Å². The first kappa shape index (κ1) is 14.8. The van der Waals surface area contributed by atoms with Crippen LogP contribution in [0.15, 0.2) is 5.16 Å². The Balaban J connectivity index is 2.67. The highest BCUT2D eigenvalue weighted by Crippen LogP contribution is 2.38. The van der Waals surface area contributed by atoms with E-state index >= 15 is 0 Å². The summed E-state index contributed by atoms with van der Waals surface area (Å²) in [6.07, 6.45) is 3.11. The largest absolute Gasteiger partial charge is 0.409 e. The van der Waals surface area contributed by atoms with Crippen LogP contribution in [-0.2, 0) is 9.53 Å². The summed E-state index contributed by atoms with van der Waals surface area (Å²) in [4.78, 5) is 12.3. The number of oxime groups is 1. The molecule has 1 rings (SSSR count). The molecule has 0 aliphatic heterocycles. The van der Waals surface area contributed by atoms with Gasteiger partial charge in [-0.3, -0.25) is 4.79 Å². The van der Waals surface area contributed by atoms with Crippen molar-refractivity contribution in [2.45, 2.75) is 45.6 Å². The first-order valence-corrected chi connectivity index (χ1v) is 6.43. The van der Waals surface area contributed by atoms with Crippen LogP contribution in [0.5, 0.6) is 0 Å². The van der Waals surface area contributed by atoms with Gasteiger partial charge in [0.2, 0.25) is 5.91 Å². The van der Waals surface area contributed by atoms with Crippen LogP contribution in [0.3, 0.4) is 0 Å². The van der Waals surface area contributed by atoms with E-state index in [2.05, 4.69) is 10.5 Å². The van der Waals surface area contributed by atoms with Gasteiger partial charge in [-0.1, -0.05) is 18.0 Å². The van der Waals surface area contributed by atoms with Crippen LogP contribution in [0.25, 0.3) is 0 Å². The number of rotatable bonds is 6. The smallest absolute Gasteiger partial charge is 0.234 e. The van der Waals surface area contributed by atoms with Crippen molar-refractivity contribution in [2.24, 2.45) is 16.3 Å². The number of carbonyl (C=O) groups is 1. The molecule has 104 valence electrons. The fourth-order valence-corrected chi connectivity index (χ4v) is 2.37. The molecule has 1 fully saturated rings. The number of nitrogens with zero attached hydrogens (tertiary/aromatic N) is 1. The third-order valence-electron chi connectivity index (χ3n) is 3.44. The number of hydrogen-bond donors (Lipinski definition) is 3. The lowest BCUT2D eigenvalue weighted by atomic mass is 9.83. The monoisotopic (exact) mass is 257 g/mol. The molecule has 0 aromatic heterocycles. The molecule has 0 aromatic rings. The second kappa shape index (κ2) is 6.58. The van der Waals surface area contributed by atoms with Gasteiger partial charge in [0.1, 0.15) is 5.41 Å². The normalized spacial score (nSPS) is 20.7. The molecule has 18 heavy (non-hydrogen) atoms.